The van der Waals surface area contributed by atoms with Crippen molar-refractivity contribution in [3.8, 4) is 16.9 Å². The maximum atomic E-state index is 12.7. The molecule has 2 aromatic carbocycles. The van der Waals surface area contributed by atoms with Gasteiger partial charge in [-0.25, -0.2) is 4.79 Å². The molecule has 0 amide bonds. The molecule has 1 heterocycles. The highest BCUT2D eigenvalue weighted by atomic mass is 16.5. The van der Waals surface area contributed by atoms with Crippen LogP contribution in [0.3, 0.4) is 0 Å². The number of ether oxygens (including phenoxy) is 2. The summed E-state index contributed by atoms with van der Waals surface area (Å²) in [5.41, 5.74) is 1.67. The van der Waals surface area contributed by atoms with Gasteiger partial charge < -0.3 is 13.9 Å². The molecule has 0 aliphatic rings. The Morgan fingerprint density at radius 1 is 1.17 bits per heavy atom. The molecular formula is C19H16O5. The van der Waals surface area contributed by atoms with E-state index in [2.05, 4.69) is 0 Å². The summed E-state index contributed by atoms with van der Waals surface area (Å²) in [5, 5.41) is 0.454. The van der Waals surface area contributed by atoms with Gasteiger partial charge in [-0.1, -0.05) is 12.1 Å². The normalized spacial score (nSPS) is 10.6. The number of fused-ring (bicyclic) bond motifs is 1. The van der Waals surface area contributed by atoms with Crippen LogP contribution in [0.25, 0.3) is 22.1 Å². The number of carbonyl (C=O) groups is 1. The molecule has 3 rings (SSSR count). The van der Waals surface area contributed by atoms with E-state index in [1.165, 1.54) is 6.26 Å². The Bertz CT molecular complexity index is 955. The van der Waals surface area contributed by atoms with Crippen LogP contribution in [-0.2, 0) is 4.74 Å². The summed E-state index contributed by atoms with van der Waals surface area (Å²) >= 11 is 0. The lowest BCUT2D eigenvalue weighted by Gasteiger charge is -2.06. The van der Waals surface area contributed by atoms with Gasteiger partial charge in [0, 0.05) is 6.07 Å². The molecule has 0 N–H and O–H groups in total. The molecule has 122 valence electrons. The first-order chi connectivity index (χ1) is 11.6. The van der Waals surface area contributed by atoms with E-state index >= 15 is 0 Å². The molecule has 0 spiro atoms. The second kappa shape index (κ2) is 6.58. The molecule has 0 saturated carbocycles. The Labute approximate surface area is 138 Å². The quantitative estimate of drug-likeness (QED) is 0.685. The third-order valence-electron chi connectivity index (χ3n) is 3.67. The second-order valence-corrected chi connectivity index (χ2v) is 5.14. The highest BCUT2D eigenvalue weighted by Crippen LogP contribution is 2.23. The number of hydrogen-bond acceptors (Lipinski definition) is 5. The van der Waals surface area contributed by atoms with E-state index in [4.69, 9.17) is 13.9 Å². The van der Waals surface area contributed by atoms with Gasteiger partial charge in [-0.15, -0.1) is 0 Å². The predicted octanol–water partition coefficient (Wildman–Crippen LogP) is 3.65. The predicted molar refractivity (Wildman–Crippen MR) is 90.4 cm³/mol. The van der Waals surface area contributed by atoms with Crippen molar-refractivity contribution in [2.45, 2.75) is 6.92 Å². The zero-order chi connectivity index (χ0) is 17.1. The van der Waals surface area contributed by atoms with Crippen molar-refractivity contribution in [2.24, 2.45) is 0 Å². The van der Waals surface area contributed by atoms with Gasteiger partial charge in [-0.3, -0.25) is 4.79 Å². The average molecular weight is 324 g/mol. The lowest BCUT2D eigenvalue weighted by molar-refractivity contribution is 0.0526. The Kier molecular flexibility index (Phi) is 4.33. The molecule has 24 heavy (non-hydrogen) atoms. The minimum Gasteiger partial charge on any atom is -0.497 e. The van der Waals surface area contributed by atoms with Gasteiger partial charge in [0.05, 0.1) is 30.2 Å². The van der Waals surface area contributed by atoms with E-state index in [9.17, 15) is 9.59 Å². The standard InChI is InChI=1S/C19H16O5/c1-3-23-19(21)13-6-4-5-12(9-13)16-11-24-17-10-14(22-2)7-8-15(17)18(16)20/h4-11H,3H2,1-2H3. The molecule has 5 nitrogen and oxygen atoms in total. The Morgan fingerprint density at radius 3 is 2.75 bits per heavy atom. The molecule has 0 unspecified atom stereocenters. The van der Waals surface area contributed by atoms with Crippen molar-refractivity contribution in [3.05, 3.63) is 64.5 Å². The van der Waals surface area contributed by atoms with E-state index in [0.717, 1.165) is 0 Å². The van der Waals surface area contributed by atoms with Crippen LogP contribution >= 0.6 is 0 Å². The molecule has 3 aromatic rings. The van der Waals surface area contributed by atoms with Crippen LogP contribution in [0.4, 0.5) is 0 Å². The van der Waals surface area contributed by atoms with E-state index in [1.807, 2.05) is 0 Å². The van der Waals surface area contributed by atoms with Crippen molar-refractivity contribution < 1.29 is 18.7 Å². The summed E-state index contributed by atoms with van der Waals surface area (Å²) < 4.78 is 15.7. The summed E-state index contributed by atoms with van der Waals surface area (Å²) in [4.78, 5) is 24.6. The van der Waals surface area contributed by atoms with Crippen LogP contribution in [0.2, 0.25) is 0 Å². The first-order valence-electron chi connectivity index (χ1n) is 7.51. The maximum Gasteiger partial charge on any atom is 0.338 e. The first-order valence-corrected chi connectivity index (χ1v) is 7.51. The first kappa shape index (κ1) is 15.8. The number of hydrogen-bond donors (Lipinski definition) is 0. The SMILES string of the molecule is CCOC(=O)c1cccc(-c2coc3cc(OC)ccc3c2=O)c1. The Morgan fingerprint density at radius 2 is 2.00 bits per heavy atom. The van der Waals surface area contributed by atoms with E-state index < -0.39 is 5.97 Å². The van der Waals surface area contributed by atoms with Gasteiger partial charge in [0.2, 0.25) is 0 Å². The Hall–Kier alpha value is -3.08. The smallest absolute Gasteiger partial charge is 0.338 e. The fourth-order valence-corrected chi connectivity index (χ4v) is 2.46. The van der Waals surface area contributed by atoms with Crippen LogP contribution in [0, 0.1) is 0 Å². The van der Waals surface area contributed by atoms with Gasteiger partial charge in [0.1, 0.15) is 17.6 Å². The highest BCUT2D eigenvalue weighted by molar-refractivity contribution is 5.91. The molecule has 1 aromatic heterocycles. The minimum atomic E-state index is -0.422. The average Bonchev–Trinajstić information content (AvgIpc) is 2.62. The molecular weight excluding hydrogens is 308 g/mol. The summed E-state index contributed by atoms with van der Waals surface area (Å²) in [6, 6.07) is 11.8. The molecule has 0 aliphatic carbocycles. The van der Waals surface area contributed by atoms with Crippen molar-refractivity contribution in [1.29, 1.82) is 0 Å². The fraction of sp³-hybridized carbons (Fsp3) is 0.158. The zero-order valence-corrected chi connectivity index (χ0v) is 13.4. The zero-order valence-electron chi connectivity index (χ0n) is 13.4. The number of methoxy groups -OCH3 is 1. The highest BCUT2D eigenvalue weighted by Gasteiger charge is 2.12. The lowest BCUT2D eigenvalue weighted by atomic mass is 10.0. The van der Waals surface area contributed by atoms with Gasteiger partial charge >= 0.3 is 5.97 Å². The van der Waals surface area contributed by atoms with E-state index in [-0.39, 0.29) is 5.43 Å². The number of carbonyl (C=O) groups excluding carboxylic acids is 1. The molecule has 0 fully saturated rings. The topological polar surface area (TPSA) is 65.7 Å². The summed E-state index contributed by atoms with van der Waals surface area (Å²) in [5.74, 6) is 0.192. The Balaban J connectivity index is 2.10. The van der Waals surface area contributed by atoms with Gasteiger partial charge in [-0.05, 0) is 36.8 Å². The van der Waals surface area contributed by atoms with Gasteiger partial charge in [0.25, 0.3) is 0 Å². The lowest BCUT2D eigenvalue weighted by Crippen LogP contribution is -2.07. The minimum absolute atomic E-state index is 0.167. The summed E-state index contributed by atoms with van der Waals surface area (Å²) in [7, 11) is 1.55. The van der Waals surface area contributed by atoms with Crippen molar-refractivity contribution in [2.75, 3.05) is 13.7 Å². The molecule has 0 bridgehead atoms. The molecule has 0 radical (unpaired) electrons. The number of benzene rings is 2. The molecule has 0 atom stereocenters. The number of rotatable bonds is 4. The fourth-order valence-electron chi connectivity index (χ4n) is 2.46. The monoisotopic (exact) mass is 324 g/mol. The third kappa shape index (κ3) is 2.88. The van der Waals surface area contributed by atoms with Crippen molar-refractivity contribution in [3.63, 3.8) is 0 Å². The maximum absolute atomic E-state index is 12.7. The van der Waals surface area contributed by atoms with Crippen LogP contribution in [0.1, 0.15) is 17.3 Å². The molecule has 0 aliphatic heterocycles. The van der Waals surface area contributed by atoms with Crippen molar-refractivity contribution >= 4 is 16.9 Å². The second-order valence-electron chi connectivity index (χ2n) is 5.14. The van der Waals surface area contributed by atoms with Crippen LogP contribution in [0.15, 0.2) is 57.9 Å². The van der Waals surface area contributed by atoms with Gasteiger partial charge in [-0.2, -0.15) is 0 Å². The van der Waals surface area contributed by atoms with Crippen LogP contribution in [0.5, 0.6) is 5.75 Å². The van der Waals surface area contributed by atoms with E-state index in [1.54, 1.807) is 56.5 Å². The van der Waals surface area contributed by atoms with Crippen molar-refractivity contribution in [1.82, 2.24) is 0 Å². The van der Waals surface area contributed by atoms with Gasteiger partial charge in [0.15, 0.2) is 5.43 Å². The molecule has 5 heteroatoms. The summed E-state index contributed by atoms with van der Waals surface area (Å²) in [6.45, 7) is 2.04. The largest absolute Gasteiger partial charge is 0.497 e. The molecule has 0 saturated heterocycles. The van der Waals surface area contributed by atoms with Crippen LogP contribution < -0.4 is 10.2 Å². The van der Waals surface area contributed by atoms with Crippen LogP contribution in [-0.4, -0.2) is 19.7 Å². The van der Waals surface area contributed by atoms with E-state index in [0.29, 0.717) is 40.0 Å². The summed E-state index contributed by atoms with van der Waals surface area (Å²) in [6.07, 6.45) is 1.40. The third-order valence-corrected chi connectivity index (χ3v) is 3.67. The number of esters is 1.